The summed E-state index contributed by atoms with van der Waals surface area (Å²) in [4.78, 5) is 26.5. The molecule has 1 N–H and O–H groups in total. The van der Waals surface area contributed by atoms with Crippen LogP contribution in [0, 0.1) is 52.0 Å². The molecule has 4 heterocycles. The Morgan fingerprint density at radius 3 is 1.41 bits per heavy atom. The van der Waals surface area contributed by atoms with Crippen LogP contribution in [-0.4, -0.2) is 20.9 Å². The van der Waals surface area contributed by atoms with Gasteiger partial charge in [-0.25, -0.2) is 0 Å². The van der Waals surface area contributed by atoms with Crippen molar-refractivity contribution in [2.75, 3.05) is 0 Å². The summed E-state index contributed by atoms with van der Waals surface area (Å²) in [5, 5.41) is 24.4. The molecule has 2 aromatic heterocycles. The fraction of sp³-hybridized carbons (Fsp3) is 0.395. The Bertz CT molecular complexity index is 4450. The predicted molar refractivity (Wildman–Crippen MR) is 376 cm³/mol. The van der Waals surface area contributed by atoms with Crippen molar-refractivity contribution in [3.05, 3.63) is 167 Å². The maximum absolute atomic E-state index is 11.9. The van der Waals surface area contributed by atoms with Gasteiger partial charge >= 0.3 is 0 Å². The molecular formula is C81H92IrN2O2S2-2. The Hall–Kier alpha value is -5.82. The van der Waals surface area contributed by atoms with E-state index in [-0.39, 0.29) is 64.6 Å². The molecule has 0 amide bonds. The van der Waals surface area contributed by atoms with Crippen LogP contribution in [0.3, 0.4) is 0 Å². The van der Waals surface area contributed by atoms with Crippen molar-refractivity contribution in [1.29, 1.82) is 0 Å². The van der Waals surface area contributed by atoms with E-state index in [1.54, 1.807) is 0 Å². The first kappa shape index (κ1) is 63.7. The molecule has 4 nitrogen and oxygen atoms in total. The number of aryl methyl sites for hydroxylation is 1. The Balaban J connectivity index is 0.000000172. The maximum Gasteiger partial charge on any atom is 0.162 e. The van der Waals surface area contributed by atoms with Crippen molar-refractivity contribution in [1.82, 2.24) is 9.97 Å². The van der Waals surface area contributed by atoms with E-state index in [0.717, 1.165) is 101 Å². The van der Waals surface area contributed by atoms with Gasteiger partial charge in [0.1, 0.15) is 5.76 Å². The van der Waals surface area contributed by atoms with Crippen molar-refractivity contribution in [3.8, 4) is 22.5 Å². The third kappa shape index (κ3) is 13.9. The van der Waals surface area contributed by atoms with Gasteiger partial charge in [-0.15, -0.1) is 58.6 Å². The van der Waals surface area contributed by atoms with E-state index in [2.05, 4.69) is 193 Å². The Kier molecular flexibility index (Phi) is 18.7. The van der Waals surface area contributed by atoms with Gasteiger partial charge in [0.25, 0.3) is 0 Å². The smallest absolute Gasteiger partial charge is 0.162 e. The molecule has 0 fully saturated rings. The summed E-state index contributed by atoms with van der Waals surface area (Å²) >= 11 is 3.75. The molecule has 0 aliphatic carbocycles. The molecule has 2 aliphatic rings. The van der Waals surface area contributed by atoms with Gasteiger partial charge in [-0.2, -0.15) is 0 Å². The van der Waals surface area contributed by atoms with Crippen LogP contribution in [0.2, 0.25) is 0 Å². The Labute approximate surface area is 551 Å². The molecule has 0 unspecified atom stereocenters. The molecule has 12 rings (SSSR count). The summed E-state index contributed by atoms with van der Waals surface area (Å²) in [6.07, 6.45) is 9.42. The van der Waals surface area contributed by atoms with E-state index in [0.29, 0.717) is 12.3 Å². The number of carbonyl (C=O) groups excluding carboxylic acids is 1. The quantitative estimate of drug-likeness (QED) is 0.0603. The minimum atomic E-state index is -0.248. The fourth-order valence-corrected chi connectivity index (χ4v) is 15.4. The van der Waals surface area contributed by atoms with Gasteiger partial charge in [0.15, 0.2) is 5.78 Å². The van der Waals surface area contributed by atoms with E-state index in [4.69, 9.17) is 12.7 Å². The van der Waals surface area contributed by atoms with Crippen LogP contribution in [0.4, 0.5) is 0 Å². The third-order valence-electron chi connectivity index (χ3n) is 17.7. The first-order chi connectivity index (χ1) is 41.8. The molecular weight excluding hydrogens is 1290 g/mol. The number of carbonyl (C=O) groups is 1. The molecule has 0 spiro atoms. The minimum absolute atomic E-state index is 0. The molecule has 461 valence electrons. The van der Waals surface area contributed by atoms with Crippen molar-refractivity contribution in [2.45, 2.75) is 196 Å². The van der Waals surface area contributed by atoms with Gasteiger partial charge in [0, 0.05) is 71.0 Å². The van der Waals surface area contributed by atoms with E-state index in [9.17, 15) is 9.90 Å². The summed E-state index contributed by atoms with van der Waals surface area (Å²) in [6, 6.07) is 44.8. The Morgan fingerprint density at radius 2 is 0.966 bits per heavy atom. The number of hydrogen-bond donors (Lipinski definition) is 1. The average Bonchev–Trinajstić information content (AvgIpc) is 0.724. The zero-order chi connectivity index (χ0) is 64.4. The van der Waals surface area contributed by atoms with E-state index < -0.39 is 0 Å². The second-order valence-electron chi connectivity index (χ2n) is 29.9. The summed E-state index contributed by atoms with van der Waals surface area (Å²) < 4.78 is 17.4. The summed E-state index contributed by atoms with van der Waals surface area (Å²) in [5.41, 5.74) is 11.1. The first-order valence-electron chi connectivity index (χ1n) is 32.8. The number of rotatable bonds is 11. The van der Waals surface area contributed by atoms with Crippen molar-refractivity contribution in [2.24, 2.45) is 33.0 Å². The van der Waals surface area contributed by atoms with Crippen molar-refractivity contribution >= 4 is 93.9 Å². The molecule has 88 heavy (non-hydrogen) atoms. The molecule has 0 saturated carbocycles. The second kappa shape index (κ2) is 25.8. The molecule has 7 heteroatoms. The SMILES string of the molecule is CCC(CC)C(=O)/C=C(\O)C(C)(CC)CC.[2H]c1cc2c3c(cc4c(CC(C)(C)C)cccc42)Sc2c([c-]c4cc(C)ccc4c2CC(C)(C)C)-c3n1.[2H]c1cc2c3c(cc4c(CC(C)(C)C)cccc42)Sc2c([c-]c4ccccc4c2CC(C)(C)C)-c3n1.[Ir]. The second-order valence-corrected chi connectivity index (χ2v) is 32.0. The predicted octanol–water partition coefficient (Wildman–Crippen LogP) is 23.9. The van der Waals surface area contributed by atoms with Crippen LogP contribution < -0.4 is 0 Å². The number of allylic oxidation sites excluding steroid dienone is 2. The maximum atomic E-state index is 11.9. The molecule has 10 aromatic rings. The monoisotopic (exact) mass is 1380 g/mol. The van der Waals surface area contributed by atoms with E-state index in [1.165, 1.54) is 91.2 Å². The van der Waals surface area contributed by atoms with Crippen molar-refractivity contribution < 1.29 is 32.7 Å². The van der Waals surface area contributed by atoms with Gasteiger partial charge in [0.05, 0.1) is 2.74 Å². The van der Waals surface area contributed by atoms with Gasteiger partial charge in [-0.3, -0.25) is 14.8 Å². The van der Waals surface area contributed by atoms with Gasteiger partial charge in [-0.05, 0) is 168 Å². The Morgan fingerprint density at radius 1 is 0.534 bits per heavy atom. The van der Waals surface area contributed by atoms with Crippen LogP contribution in [0.25, 0.3) is 87.1 Å². The van der Waals surface area contributed by atoms with Crippen LogP contribution in [0.5, 0.6) is 0 Å². The van der Waals surface area contributed by atoms with Crippen LogP contribution in [0.15, 0.2) is 147 Å². The van der Waals surface area contributed by atoms with Crippen LogP contribution in [-0.2, 0) is 50.6 Å². The zero-order valence-corrected chi connectivity index (χ0v) is 59.6. The van der Waals surface area contributed by atoms with Gasteiger partial charge < -0.3 is 5.11 Å². The molecule has 1 radical (unpaired) electrons. The van der Waals surface area contributed by atoms with Gasteiger partial charge in [0.2, 0.25) is 0 Å². The average molecular weight is 1380 g/mol. The number of aliphatic hydroxyl groups excluding tert-OH is 1. The molecule has 0 bridgehead atoms. The van der Waals surface area contributed by atoms with Gasteiger partial charge in [-0.1, -0.05) is 223 Å². The molecule has 2 aliphatic heterocycles. The standard InChI is InChI=1S/C34H34NS.C33H32NS.C14H26O2.Ir/c1-20-11-12-23-22(15-20)16-27-31-30-25(13-14-35-31)24-10-8-9-21(18-33(2,3)4)26(24)17-29(30)36-32(27)28(23)19-34(5,6)7;1-32(2,3)18-21-11-9-13-23-24-14-15-34-30-26-16-20-10-7-8-12-22(20)27(19-33(4,5)6)31(26)35-28(29(24)30)17-25(21)23;1-6-11(7-2)12(15)10-13(16)14(5,8-3)9-4;/h8-15,17H,18-19H2,1-7H3;7-15,17H,18-19H2,1-6H3;10-11,16H,6-9H2,1-5H3;/q2*-1;;/b;;13-10-;/i14D;15D;;. The van der Waals surface area contributed by atoms with Crippen LogP contribution >= 0.6 is 23.5 Å². The normalized spacial score (nSPS) is 13.6. The number of hydrogen-bond acceptors (Lipinski definition) is 6. The topological polar surface area (TPSA) is 63.1 Å². The third-order valence-corrected chi connectivity index (χ3v) is 20.1. The fourth-order valence-electron chi connectivity index (χ4n) is 12.9. The zero-order valence-electron chi connectivity index (χ0n) is 57.5. The first-order valence-corrected chi connectivity index (χ1v) is 33.4. The molecule has 0 atom stereocenters. The summed E-state index contributed by atoms with van der Waals surface area (Å²) in [7, 11) is 0. The number of pyridine rings is 2. The van der Waals surface area contributed by atoms with E-state index in [1.807, 2.05) is 70.3 Å². The molecule has 8 aromatic carbocycles. The van der Waals surface area contributed by atoms with E-state index >= 15 is 0 Å². The number of aliphatic hydroxyl groups is 1. The largest absolute Gasteiger partial charge is 0.512 e. The van der Waals surface area contributed by atoms with Crippen molar-refractivity contribution in [3.63, 3.8) is 0 Å². The summed E-state index contributed by atoms with van der Waals surface area (Å²) in [5.74, 6) is 0.366. The number of ketones is 1. The van der Waals surface area contributed by atoms with Crippen LogP contribution in [0.1, 0.15) is 174 Å². The molecule has 0 saturated heterocycles. The number of nitrogens with zero attached hydrogens (tertiary/aromatic N) is 2. The minimum Gasteiger partial charge on any atom is -0.512 e. The number of aromatic nitrogens is 2. The number of fused-ring (bicyclic) bond motifs is 10. The number of benzene rings is 8. The summed E-state index contributed by atoms with van der Waals surface area (Å²) in [6.45, 7) is 39.9.